The summed E-state index contributed by atoms with van der Waals surface area (Å²) >= 11 is 5.97. The summed E-state index contributed by atoms with van der Waals surface area (Å²) in [5.41, 5.74) is 0.544. The molecule has 0 spiro atoms. The van der Waals surface area contributed by atoms with Crippen LogP contribution in [0.2, 0.25) is 5.02 Å². The minimum atomic E-state index is -0.0948. The van der Waals surface area contributed by atoms with E-state index in [1.54, 1.807) is 17.0 Å². The fourth-order valence-electron chi connectivity index (χ4n) is 2.19. The maximum Gasteiger partial charge on any atom is 0.252 e. The second-order valence-electron chi connectivity index (χ2n) is 4.70. The van der Waals surface area contributed by atoms with Crippen molar-refractivity contribution in [3.63, 3.8) is 0 Å². The van der Waals surface area contributed by atoms with E-state index in [9.17, 15) is 4.79 Å². The Bertz CT molecular complexity index is 423. The lowest BCUT2D eigenvalue weighted by atomic mass is 10.2. The van der Waals surface area contributed by atoms with Gasteiger partial charge in [-0.15, -0.1) is 0 Å². The van der Waals surface area contributed by atoms with Crippen molar-refractivity contribution in [1.82, 2.24) is 5.32 Å². The molecule has 0 unspecified atom stereocenters. The lowest BCUT2D eigenvalue weighted by Crippen LogP contribution is -3.14. The average Bonchev–Trinajstić information content (AvgIpc) is 2.45. The maximum absolute atomic E-state index is 11.9. The Labute approximate surface area is 130 Å². The van der Waals surface area contributed by atoms with Crippen molar-refractivity contribution in [2.75, 3.05) is 39.4 Å². The topological polar surface area (TPSA) is 42.8 Å². The van der Waals surface area contributed by atoms with Gasteiger partial charge in [-0.3, -0.25) is 4.79 Å². The van der Waals surface area contributed by atoms with Gasteiger partial charge in [0, 0.05) is 13.0 Å². The zero-order chi connectivity index (χ0) is 13.5. The number of hydrogen-bond donors (Lipinski definition) is 2. The summed E-state index contributed by atoms with van der Waals surface area (Å²) in [6.45, 7) is 5.60. The van der Waals surface area contributed by atoms with Crippen molar-refractivity contribution >= 4 is 17.5 Å². The molecule has 1 aromatic carbocycles. The van der Waals surface area contributed by atoms with E-state index in [1.807, 2.05) is 12.1 Å². The predicted octanol–water partition coefficient (Wildman–Crippen LogP) is -2.62. The van der Waals surface area contributed by atoms with Crippen LogP contribution in [0.15, 0.2) is 24.3 Å². The van der Waals surface area contributed by atoms with E-state index >= 15 is 0 Å². The van der Waals surface area contributed by atoms with E-state index in [2.05, 4.69) is 5.32 Å². The third-order valence-corrected chi connectivity index (χ3v) is 3.64. The molecule has 0 saturated carbocycles. The second kappa shape index (κ2) is 9.19. The van der Waals surface area contributed by atoms with Crippen LogP contribution in [0, 0.1) is 0 Å². The molecule has 1 aromatic rings. The number of carbonyl (C=O) groups excluding carboxylic acids is 1. The van der Waals surface area contributed by atoms with Gasteiger partial charge in [-0.05, 0) is 12.1 Å². The van der Waals surface area contributed by atoms with Crippen LogP contribution < -0.4 is 22.6 Å². The first-order valence-electron chi connectivity index (χ1n) is 6.71. The van der Waals surface area contributed by atoms with Crippen LogP contribution in [0.3, 0.4) is 0 Å². The molecule has 1 aliphatic heterocycles. The minimum absolute atomic E-state index is 0. The number of nitrogens with one attached hydrogen (secondary N) is 2. The standard InChI is InChI=1S/C14H19ClN2O2.ClH/c15-13-5-2-1-4-12(13)14(18)16-6-3-7-17-8-10-19-11-9-17;/h1-2,4-5H,3,6-11H2,(H,16,18);1H. The lowest BCUT2D eigenvalue weighted by molar-refractivity contribution is -0.908. The number of quaternary nitrogens is 1. The van der Waals surface area contributed by atoms with E-state index in [0.29, 0.717) is 17.1 Å². The summed E-state index contributed by atoms with van der Waals surface area (Å²) in [6.07, 6.45) is 0.978. The SMILES string of the molecule is O=C(NCCC[NH+]1CCOCC1)c1ccccc1Cl.[Cl-]. The number of ether oxygens (including phenoxy) is 1. The molecular formula is C14H20Cl2N2O2. The first-order chi connectivity index (χ1) is 9.27. The Kier molecular flexibility index (Phi) is 7.92. The van der Waals surface area contributed by atoms with Crippen molar-refractivity contribution < 1.29 is 26.8 Å². The molecule has 2 N–H and O–H groups in total. The molecule has 112 valence electrons. The fourth-order valence-corrected chi connectivity index (χ4v) is 2.41. The average molecular weight is 319 g/mol. The maximum atomic E-state index is 11.9. The fraction of sp³-hybridized carbons (Fsp3) is 0.500. The molecule has 20 heavy (non-hydrogen) atoms. The van der Waals surface area contributed by atoms with Crippen molar-refractivity contribution in [2.45, 2.75) is 6.42 Å². The van der Waals surface area contributed by atoms with Gasteiger partial charge in [-0.25, -0.2) is 0 Å². The van der Waals surface area contributed by atoms with Crippen molar-refractivity contribution in [3.05, 3.63) is 34.9 Å². The molecule has 1 aliphatic rings. The van der Waals surface area contributed by atoms with E-state index in [0.717, 1.165) is 39.3 Å². The number of benzene rings is 1. The van der Waals surface area contributed by atoms with Gasteiger partial charge in [-0.2, -0.15) is 0 Å². The van der Waals surface area contributed by atoms with Gasteiger partial charge in [0.1, 0.15) is 13.1 Å². The Morgan fingerprint density at radius 1 is 1.30 bits per heavy atom. The van der Waals surface area contributed by atoms with E-state index in [1.165, 1.54) is 0 Å². The summed E-state index contributed by atoms with van der Waals surface area (Å²) in [6, 6.07) is 7.11. The molecule has 0 aliphatic carbocycles. The highest BCUT2D eigenvalue weighted by atomic mass is 35.5. The Morgan fingerprint density at radius 2 is 2.00 bits per heavy atom. The number of morpholine rings is 1. The molecule has 4 nitrogen and oxygen atoms in total. The quantitative estimate of drug-likeness (QED) is 0.584. The van der Waals surface area contributed by atoms with Crippen LogP contribution in [0.4, 0.5) is 0 Å². The summed E-state index contributed by atoms with van der Waals surface area (Å²) < 4.78 is 5.31. The van der Waals surface area contributed by atoms with Crippen LogP contribution >= 0.6 is 11.6 Å². The summed E-state index contributed by atoms with van der Waals surface area (Å²) in [7, 11) is 0. The molecular weight excluding hydrogens is 299 g/mol. The number of carbonyl (C=O) groups is 1. The molecule has 1 saturated heterocycles. The van der Waals surface area contributed by atoms with Crippen molar-refractivity contribution in [1.29, 1.82) is 0 Å². The van der Waals surface area contributed by atoms with Crippen molar-refractivity contribution in [3.8, 4) is 0 Å². The smallest absolute Gasteiger partial charge is 0.252 e. The van der Waals surface area contributed by atoms with Crippen LogP contribution in [-0.2, 0) is 4.74 Å². The third kappa shape index (κ3) is 5.29. The van der Waals surface area contributed by atoms with Gasteiger partial charge in [0.05, 0.1) is 30.3 Å². The molecule has 0 aromatic heterocycles. The zero-order valence-electron chi connectivity index (χ0n) is 11.3. The first kappa shape index (κ1) is 17.2. The van der Waals surface area contributed by atoms with Gasteiger partial charge in [-0.1, -0.05) is 23.7 Å². The first-order valence-corrected chi connectivity index (χ1v) is 7.09. The van der Waals surface area contributed by atoms with Crippen LogP contribution in [0.5, 0.6) is 0 Å². The van der Waals surface area contributed by atoms with Gasteiger partial charge < -0.3 is 27.4 Å². The minimum Gasteiger partial charge on any atom is -1.00 e. The lowest BCUT2D eigenvalue weighted by Gasteiger charge is -2.23. The van der Waals surface area contributed by atoms with Gasteiger partial charge in [0.2, 0.25) is 0 Å². The Morgan fingerprint density at radius 3 is 2.70 bits per heavy atom. The Balaban J connectivity index is 0.00000200. The molecule has 1 heterocycles. The molecule has 0 atom stereocenters. The van der Waals surface area contributed by atoms with Gasteiger partial charge >= 0.3 is 0 Å². The number of halogens is 2. The normalized spacial score (nSPS) is 15.4. The summed E-state index contributed by atoms with van der Waals surface area (Å²) in [5, 5.41) is 3.41. The molecule has 1 fully saturated rings. The summed E-state index contributed by atoms with van der Waals surface area (Å²) in [5.74, 6) is -0.0948. The number of rotatable bonds is 5. The van der Waals surface area contributed by atoms with Crippen LogP contribution in [0.25, 0.3) is 0 Å². The van der Waals surface area contributed by atoms with Crippen molar-refractivity contribution in [2.24, 2.45) is 0 Å². The molecule has 0 bridgehead atoms. The monoisotopic (exact) mass is 318 g/mol. The Hall–Kier alpha value is -0.810. The van der Waals surface area contributed by atoms with E-state index in [-0.39, 0.29) is 18.3 Å². The van der Waals surface area contributed by atoms with Gasteiger partial charge in [0.25, 0.3) is 5.91 Å². The molecule has 6 heteroatoms. The third-order valence-electron chi connectivity index (χ3n) is 3.31. The van der Waals surface area contributed by atoms with E-state index in [4.69, 9.17) is 16.3 Å². The second-order valence-corrected chi connectivity index (χ2v) is 5.11. The zero-order valence-corrected chi connectivity index (χ0v) is 12.8. The number of amides is 1. The molecule has 2 rings (SSSR count). The predicted molar refractivity (Wildman–Crippen MR) is 74.8 cm³/mol. The highest BCUT2D eigenvalue weighted by Crippen LogP contribution is 2.14. The molecule has 0 radical (unpaired) electrons. The van der Waals surface area contributed by atoms with E-state index < -0.39 is 0 Å². The van der Waals surface area contributed by atoms with Crippen LogP contribution in [0.1, 0.15) is 16.8 Å². The largest absolute Gasteiger partial charge is 1.00 e. The molecule has 1 amide bonds. The highest BCUT2D eigenvalue weighted by Gasteiger charge is 2.13. The van der Waals surface area contributed by atoms with Crippen LogP contribution in [-0.4, -0.2) is 45.3 Å². The highest BCUT2D eigenvalue weighted by molar-refractivity contribution is 6.33. The van der Waals surface area contributed by atoms with Gasteiger partial charge in [0.15, 0.2) is 0 Å². The number of hydrogen-bond acceptors (Lipinski definition) is 2. The summed E-state index contributed by atoms with van der Waals surface area (Å²) in [4.78, 5) is 13.4.